The average Bonchev–Trinajstić information content (AvgIpc) is 3.17. The van der Waals surface area contributed by atoms with Gasteiger partial charge in [0.1, 0.15) is 0 Å². The fourth-order valence-corrected chi connectivity index (χ4v) is 3.51. The summed E-state index contributed by atoms with van der Waals surface area (Å²) in [4.78, 5) is 14.1. The number of aromatic nitrogens is 4. The van der Waals surface area contributed by atoms with Crippen molar-refractivity contribution in [2.45, 2.75) is 44.7 Å². The zero-order valence-corrected chi connectivity index (χ0v) is 12.5. The van der Waals surface area contributed by atoms with Crippen molar-refractivity contribution in [2.75, 3.05) is 11.4 Å². The highest BCUT2D eigenvalue weighted by Gasteiger charge is 2.28. The van der Waals surface area contributed by atoms with Gasteiger partial charge in [0, 0.05) is 18.8 Å². The zero-order chi connectivity index (χ0) is 14.9. The molecule has 2 aromatic rings. The highest BCUT2D eigenvalue weighted by atomic mass is 16.1. The summed E-state index contributed by atoms with van der Waals surface area (Å²) < 4.78 is 1.55. The van der Waals surface area contributed by atoms with Gasteiger partial charge < -0.3 is 4.90 Å². The van der Waals surface area contributed by atoms with Crippen LogP contribution in [0.4, 0.5) is 5.82 Å². The predicted molar refractivity (Wildman–Crippen MR) is 82.9 cm³/mol. The number of rotatable bonds is 3. The second-order valence-corrected chi connectivity index (χ2v) is 6.06. The molecule has 2 aliphatic rings. The molecule has 0 amide bonds. The van der Waals surface area contributed by atoms with Gasteiger partial charge in [0.15, 0.2) is 5.82 Å². The molecule has 0 radical (unpaired) electrons. The summed E-state index contributed by atoms with van der Waals surface area (Å²) in [5, 5.41) is 13.0. The van der Waals surface area contributed by atoms with Gasteiger partial charge in [-0.1, -0.05) is 0 Å². The van der Waals surface area contributed by atoms with Gasteiger partial charge >= 0.3 is 0 Å². The molecule has 0 N–H and O–H groups in total. The Hall–Kier alpha value is -2.24. The van der Waals surface area contributed by atoms with Crippen molar-refractivity contribution in [3.63, 3.8) is 0 Å². The highest BCUT2D eigenvalue weighted by Crippen LogP contribution is 2.28. The normalized spacial score (nSPS) is 20.4. The first-order valence-electron chi connectivity index (χ1n) is 7.95. The van der Waals surface area contributed by atoms with E-state index in [0.717, 1.165) is 43.7 Å². The molecular weight excluding hydrogens is 278 g/mol. The van der Waals surface area contributed by atoms with E-state index in [4.69, 9.17) is 0 Å². The number of nitrogens with zero attached hydrogens (tertiary/aromatic N) is 5. The Kier molecular flexibility index (Phi) is 3.36. The van der Waals surface area contributed by atoms with Crippen molar-refractivity contribution in [1.29, 1.82) is 0 Å². The van der Waals surface area contributed by atoms with Crippen molar-refractivity contribution >= 4 is 5.82 Å². The minimum atomic E-state index is -0.0469. The molecule has 1 aliphatic heterocycles. The summed E-state index contributed by atoms with van der Waals surface area (Å²) in [6.07, 6.45) is 7.17. The number of hydrogen-bond acceptors (Lipinski definition) is 5. The number of anilines is 1. The van der Waals surface area contributed by atoms with Crippen LogP contribution in [-0.4, -0.2) is 32.6 Å². The van der Waals surface area contributed by atoms with Crippen LogP contribution in [0, 0.1) is 0 Å². The van der Waals surface area contributed by atoms with Gasteiger partial charge in [-0.2, -0.15) is 10.2 Å². The molecule has 6 nitrogen and oxygen atoms in total. The van der Waals surface area contributed by atoms with Crippen LogP contribution < -0.4 is 10.5 Å². The molecule has 1 aliphatic carbocycles. The van der Waals surface area contributed by atoms with E-state index in [1.807, 2.05) is 0 Å². The molecule has 3 heterocycles. The first-order chi connectivity index (χ1) is 10.8. The Balaban J connectivity index is 1.59. The molecule has 6 heteroatoms. The van der Waals surface area contributed by atoms with Crippen LogP contribution in [0.1, 0.15) is 30.5 Å². The standard InChI is InChI=1S/C16H19N5O/c22-16-7-2-8-17-21(16)11-13-5-3-9-20(13)15-10-12-4-1-6-14(12)18-19-15/h2,7-8,10,13H,1,3-6,9,11H2. The summed E-state index contributed by atoms with van der Waals surface area (Å²) in [6, 6.07) is 5.69. The second-order valence-electron chi connectivity index (χ2n) is 6.06. The van der Waals surface area contributed by atoms with Crippen LogP contribution in [0.3, 0.4) is 0 Å². The third kappa shape index (κ3) is 2.38. The fourth-order valence-electron chi connectivity index (χ4n) is 3.51. The third-order valence-electron chi connectivity index (χ3n) is 4.65. The Morgan fingerprint density at radius 2 is 2.18 bits per heavy atom. The molecule has 1 atom stereocenters. The molecule has 22 heavy (non-hydrogen) atoms. The number of aryl methyl sites for hydroxylation is 2. The molecule has 0 aromatic carbocycles. The second kappa shape index (κ2) is 5.51. The van der Waals surface area contributed by atoms with E-state index in [1.54, 1.807) is 23.0 Å². The molecular formula is C16H19N5O. The summed E-state index contributed by atoms with van der Waals surface area (Å²) in [5.41, 5.74) is 2.44. The third-order valence-corrected chi connectivity index (χ3v) is 4.65. The van der Waals surface area contributed by atoms with E-state index < -0.39 is 0 Å². The number of fused-ring (bicyclic) bond motifs is 1. The van der Waals surface area contributed by atoms with E-state index in [9.17, 15) is 4.79 Å². The average molecular weight is 297 g/mol. The minimum Gasteiger partial charge on any atom is -0.350 e. The van der Waals surface area contributed by atoms with Gasteiger partial charge in [0.25, 0.3) is 5.56 Å². The molecule has 114 valence electrons. The van der Waals surface area contributed by atoms with E-state index in [2.05, 4.69) is 26.3 Å². The summed E-state index contributed by atoms with van der Waals surface area (Å²) in [5.74, 6) is 0.951. The lowest BCUT2D eigenvalue weighted by Gasteiger charge is -2.25. The van der Waals surface area contributed by atoms with Crippen molar-refractivity contribution in [3.8, 4) is 0 Å². The van der Waals surface area contributed by atoms with Gasteiger partial charge in [-0.3, -0.25) is 4.79 Å². The lowest BCUT2D eigenvalue weighted by molar-refractivity contribution is 0.486. The molecule has 2 aromatic heterocycles. The topological polar surface area (TPSA) is 63.9 Å². The largest absolute Gasteiger partial charge is 0.350 e. The minimum absolute atomic E-state index is 0.0469. The summed E-state index contributed by atoms with van der Waals surface area (Å²) in [7, 11) is 0. The van der Waals surface area contributed by atoms with Crippen molar-refractivity contribution in [3.05, 3.63) is 46.0 Å². The molecule has 1 unspecified atom stereocenters. The molecule has 0 bridgehead atoms. The quantitative estimate of drug-likeness (QED) is 0.851. The molecule has 1 saturated heterocycles. The van der Waals surface area contributed by atoms with Gasteiger partial charge in [0.05, 0.1) is 18.3 Å². The van der Waals surface area contributed by atoms with Crippen molar-refractivity contribution in [1.82, 2.24) is 20.0 Å². The van der Waals surface area contributed by atoms with Crippen LogP contribution in [0.15, 0.2) is 29.2 Å². The van der Waals surface area contributed by atoms with E-state index in [0.29, 0.717) is 6.54 Å². The van der Waals surface area contributed by atoms with Crippen LogP contribution in [0.2, 0.25) is 0 Å². The first-order valence-corrected chi connectivity index (χ1v) is 7.95. The molecule has 1 fully saturated rings. The molecule has 0 saturated carbocycles. The lowest BCUT2D eigenvalue weighted by Crippen LogP contribution is -2.37. The van der Waals surface area contributed by atoms with Gasteiger partial charge in [-0.25, -0.2) is 4.68 Å². The summed E-state index contributed by atoms with van der Waals surface area (Å²) in [6.45, 7) is 1.58. The van der Waals surface area contributed by atoms with E-state index in [1.165, 1.54) is 12.0 Å². The SMILES string of the molecule is O=c1cccnn1CC1CCCN1c1cc2c(nn1)CCC2. The van der Waals surface area contributed by atoms with Gasteiger partial charge in [0.2, 0.25) is 0 Å². The maximum Gasteiger partial charge on any atom is 0.266 e. The smallest absolute Gasteiger partial charge is 0.266 e. The van der Waals surface area contributed by atoms with E-state index in [-0.39, 0.29) is 11.6 Å². The number of hydrogen-bond donors (Lipinski definition) is 0. The Morgan fingerprint density at radius 1 is 1.23 bits per heavy atom. The fraction of sp³-hybridized carbons (Fsp3) is 0.500. The van der Waals surface area contributed by atoms with Crippen molar-refractivity contribution in [2.24, 2.45) is 0 Å². The molecule has 4 rings (SSSR count). The van der Waals surface area contributed by atoms with E-state index >= 15 is 0 Å². The maximum absolute atomic E-state index is 11.9. The van der Waals surface area contributed by atoms with Crippen molar-refractivity contribution < 1.29 is 0 Å². The molecule has 0 spiro atoms. The van der Waals surface area contributed by atoms with Crippen LogP contribution in [0.25, 0.3) is 0 Å². The first kappa shape index (κ1) is 13.4. The maximum atomic E-state index is 11.9. The predicted octanol–water partition coefficient (Wildman–Crippen LogP) is 1.19. The monoisotopic (exact) mass is 297 g/mol. The van der Waals surface area contributed by atoms with Crippen LogP contribution in [-0.2, 0) is 19.4 Å². The summed E-state index contributed by atoms with van der Waals surface area (Å²) >= 11 is 0. The van der Waals surface area contributed by atoms with Gasteiger partial charge in [-0.15, -0.1) is 5.10 Å². The lowest BCUT2D eigenvalue weighted by atomic mass is 10.2. The highest BCUT2D eigenvalue weighted by molar-refractivity contribution is 5.44. The van der Waals surface area contributed by atoms with Gasteiger partial charge in [-0.05, 0) is 49.8 Å². The van der Waals surface area contributed by atoms with Crippen LogP contribution >= 0.6 is 0 Å². The Bertz CT molecular complexity index is 741. The zero-order valence-electron chi connectivity index (χ0n) is 12.5. The Labute approximate surface area is 128 Å². The van der Waals surface area contributed by atoms with Crippen LogP contribution in [0.5, 0.6) is 0 Å². The Morgan fingerprint density at radius 3 is 3.09 bits per heavy atom.